The van der Waals surface area contributed by atoms with Crippen LogP contribution in [-0.4, -0.2) is 85.8 Å². The highest BCUT2D eigenvalue weighted by molar-refractivity contribution is 6.31. The summed E-state index contributed by atoms with van der Waals surface area (Å²) in [6, 6.07) is 17.3. The number of imidazole rings is 1. The molecule has 0 atom stereocenters. The first-order chi connectivity index (χ1) is 24.2. The van der Waals surface area contributed by atoms with Crippen LogP contribution in [0.15, 0.2) is 71.5 Å². The van der Waals surface area contributed by atoms with Crippen LogP contribution in [0.1, 0.15) is 16.7 Å². The third-order valence-corrected chi connectivity index (χ3v) is 7.83. The molecule has 0 aliphatic rings. The average molecular weight is 718 g/mol. The molecule has 5 aromatic rings. The van der Waals surface area contributed by atoms with Gasteiger partial charge >= 0.3 is 6.18 Å². The van der Waals surface area contributed by atoms with Gasteiger partial charge < -0.3 is 34.4 Å². The molecule has 3 aromatic carbocycles. The fourth-order valence-electron chi connectivity index (χ4n) is 5.08. The number of H-pyrrole nitrogens is 2. The number of fused-ring (bicyclic) bond motifs is 1. The standard InChI is InChI=1S/C35H39ClF3N5O6/c36-27-8-12-30-31(23-27)42-34(41-30)44-33(45)29(32(43-44)25-4-6-26(7-5-25)35(37,38)39)11-3-24-1-9-28(10-2-24)50-22-21-49-20-19-48-18-17-47-16-15-46-14-13-40/h1-2,4-10,12,23,43H,3,11,13-22,40H2,(H,41,42). The average Bonchev–Trinajstić information content (AvgIpc) is 3.67. The molecule has 0 aliphatic carbocycles. The predicted molar refractivity (Wildman–Crippen MR) is 183 cm³/mol. The number of hydrogen-bond donors (Lipinski definition) is 3. The number of alkyl halides is 3. The van der Waals surface area contributed by atoms with Gasteiger partial charge in [0.2, 0.25) is 5.95 Å². The summed E-state index contributed by atoms with van der Waals surface area (Å²) >= 11 is 6.12. The molecular weight excluding hydrogens is 679 g/mol. The van der Waals surface area contributed by atoms with E-state index >= 15 is 0 Å². The number of nitrogens with two attached hydrogens (primary N) is 1. The van der Waals surface area contributed by atoms with Crippen molar-refractivity contribution in [3.8, 4) is 23.0 Å². The van der Waals surface area contributed by atoms with E-state index in [1.807, 2.05) is 24.3 Å². The minimum atomic E-state index is -4.48. The lowest BCUT2D eigenvalue weighted by atomic mass is 10.0. The fraction of sp³-hybridized carbons (Fsp3) is 0.371. The minimum Gasteiger partial charge on any atom is -0.491 e. The van der Waals surface area contributed by atoms with Crippen molar-refractivity contribution in [3.05, 3.63) is 98.8 Å². The second kappa shape index (κ2) is 18.2. The lowest BCUT2D eigenvalue weighted by Crippen LogP contribution is -2.18. The van der Waals surface area contributed by atoms with E-state index in [1.54, 1.807) is 18.2 Å². The number of ether oxygens (including phenoxy) is 5. The number of hydrogen-bond acceptors (Lipinski definition) is 8. The van der Waals surface area contributed by atoms with Crippen molar-refractivity contribution in [2.75, 3.05) is 66.0 Å². The Morgan fingerprint density at radius 2 is 1.40 bits per heavy atom. The Morgan fingerprint density at radius 1 is 0.780 bits per heavy atom. The molecule has 0 saturated carbocycles. The van der Waals surface area contributed by atoms with E-state index in [0.717, 1.165) is 17.7 Å². The highest BCUT2D eigenvalue weighted by atomic mass is 35.5. The van der Waals surface area contributed by atoms with Gasteiger partial charge in [0, 0.05) is 17.1 Å². The van der Waals surface area contributed by atoms with E-state index in [0.29, 0.717) is 117 Å². The molecule has 0 unspecified atom stereocenters. The Balaban J connectivity index is 1.14. The zero-order chi connectivity index (χ0) is 35.3. The molecule has 2 aromatic heterocycles. The van der Waals surface area contributed by atoms with Gasteiger partial charge in [0.25, 0.3) is 5.56 Å². The van der Waals surface area contributed by atoms with Crippen molar-refractivity contribution < 1.29 is 36.9 Å². The summed E-state index contributed by atoms with van der Waals surface area (Å²) in [5.74, 6) is 0.899. The van der Waals surface area contributed by atoms with E-state index in [9.17, 15) is 18.0 Å². The summed E-state index contributed by atoms with van der Waals surface area (Å²) in [6.45, 7) is 4.61. The molecule has 0 amide bonds. The quantitative estimate of drug-likeness (QED) is 0.0889. The zero-order valence-electron chi connectivity index (χ0n) is 27.3. The van der Waals surface area contributed by atoms with Gasteiger partial charge in [-0.25, -0.2) is 4.98 Å². The van der Waals surface area contributed by atoms with Gasteiger partial charge in [0.1, 0.15) is 12.4 Å². The second-order valence-electron chi connectivity index (χ2n) is 11.1. The van der Waals surface area contributed by atoms with Gasteiger partial charge in [-0.05, 0) is 66.4 Å². The molecule has 15 heteroatoms. The van der Waals surface area contributed by atoms with Crippen molar-refractivity contribution in [2.24, 2.45) is 5.73 Å². The monoisotopic (exact) mass is 717 g/mol. The van der Waals surface area contributed by atoms with Gasteiger partial charge in [0.15, 0.2) is 0 Å². The first kappa shape index (κ1) is 37.1. The number of benzene rings is 3. The minimum absolute atomic E-state index is 0.232. The SMILES string of the molecule is NCCOCCOCCOCCOCCOc1ccc(CCc2c(-c3ccc(C(F)(F)F)cc3)[nH]n(-c3nc4ccc(Cl)cc4[nH]3)c2=O)cc1. The summed E-state index contributed by atoms with van der Waals surface area (Å²) in [5, 5.41) is 3.57. The van der Waals surface area contributed by atoms with Crippen molar-refractivity contribution >= 4 is 22.6 Å². The molecule has 0 aliphatic heterocycles. The number of aryl methyl sites for hydroxylation is 1. The Bertz CT molecular complexity index is 1840. The molecule has 0 bridgehead atoms. The van der Waals surface area contributed by atoms with Gasteiger partial charge in [-0.15, -0.1) is 0 Å². The van der Waals surface area contributed by atoms with Crippen molar-refractivity contribution in [3.63, 3.8) is 0 Å². The van der Waals surface area contributed by atoms with E-state index in [1.165, 1.54) is 16.8 Å². The maximum Gasteiger partial charge on any atom is 0.416 e. The molecule has 0 radical (unpaired) electrons. The smallest absolute Gasteiger partial charge is 0.416 e. The molecule has 4 N–H and O–H groups in total. The van der Waals surface area contributed by atoms with Crippen molar-refractivity contribution in [1.82, 2.24) is 19.7 Å². The van der Waals surface area contributed by atoms with Crippen LogP contribution >= 0.6 is 11.6 Å². The summed E-state index contributed by atoms with van der Waals surface area (Å²) in [5.41, 5.74) is 7.64. The first-order valence-corrected chi connectivity index (χ1v) is 16.5. The van der Waals surface area contributed by atoms with Crippen LogP contribution < -0.4 is 16.0 Å². The normalized spacial score (nSPS) is 11.9. The van der Waals surface area contributed by atoms with Crippen LogP contribution in [0, 0.1) is 0 Å². The number of rotatable bonds is 20. The van der Waals surface area contributed by atoms with Gasteiger partial charge in [-0.1, -0.05) is 35.9 Å². The topological polar surface area (TPSA) is 139 Å². The number of nitrogens with one attached hydrogen (secondary N) is 2. The zero-order valence-corrected chi connectivity index (χ0v) is 28.0. The first-order valence-electron chi connectivity index (χ1n) is 16.1. The Hall–Kier alpha value is -4.18. The van der Waals surface area contributed by atoms with Crippen molar-refractivity contribution in [1.29, 1.82) is 0 Å². The molecule has 0 saturated heterocycles. The lowest BCUT2D eigenvalue weighted by Gasteiger charge is -2.09. The van der Waals surface area contributed by atoms with Crippen LogP contribution in [0.5, 0.6) is 5.75 Å². The van der Waals surface area contributed by atoms with E-state index in [2.05, 4.69) is 15.1 Å². The summed E-state index contributed by atoms with van der Waals surface area (Å²) in [4.78, 5) is 21.3. The van der Waals surface area contributed by atoms with Gasteiger partial charge in [-0.3, -0.25) is 9.89 Å². The highest BCUT2D eigenvalue weighted by Gasteiger charge is 2.30. The third kappa shape index (κ3) is 10.4. The van der Waals surface area contributed by atoms with E-state index in [4.69, 9.17) is 41.0 Å². The molecule has 2 heterocycles. The van der Waals surface area contributed by atoms with Crippen LogP contribution in [0.25, 0.3) is 28.2 Å². The Morgan fingerprint density at radius 3 is 2.02 bits per heavy atom. The number of aromatic nitrogens is 4. The van der Waals surface area contributed by atoms with Gasteiger partial charge in [-0.2, -0.15) is 17.9 Å². The maximum atomic E-state index is 13.7. The summed E-state index contributed by atoms with van der Waals surface area (Å²) < 4.78 is 68.4. The number of aromatic amines is 2. The van der Waals surface area contributed by atoms with Gasteiger partial charge in [0.05, 0.1) is 75.1 Å². The molecule has 50 heavy (non-hydrogen) atoms. The second-order valence-corrected chi connectivity index (χ2v) is 11.6. The maximum absolute atomic E-state index is 13.7. The third-order valence-electron chi connectivity index (χ3n) is 7.59. The van der Waals surface area contributed by atoms with Crippen LogP contribution in [0.3, 0.4) is 0 Å². The van der Waals surface area contributed by atoms with Crippen molar-refractivity contribution in [2.45, 2.75) is 19.0 Å². The van der Waals surface area contributed by atoms with E-state index in [-0.39, 0.29) is 11.5 Å². The largest absolute Gasteiger partial charge is 0.491 e. The molecule has 11 nitrogen and oxygen atoms in total. The molecule has 268 valence electrons. The van der Waals surface area contributed by atoms with Crippen LogP contribution in [0.4, 0.5) is 13.2 Å². The molecule has 5 rings (SSSR count). The number of halogens is 4. The number of nitrogens with zero attached hydrogens (tertiary/aromatic N) is 2. The fourth-order valence-corrected chi connectivity index (χ4v) is 5.25. The Labute approximate surface area is 291 Å². The predicted octanol–water partition coefficient (Wildman–Crippen LogP) is 5.57. The lowest BCUT2D eigenvalue weighted by molar-refractivity contribution is -0.137. The van der Waals surface area contributed by atoms with E-state index < -0.39 is 11.7 Å². The van der Waals surface area contributed by atoms with Crippen LogP contribution in [-0.2, 0) is 38.0 Å². The molecule has 0 spiro atoms. The summed E-state index contributed by atoms with van der Waals surface area (Å²) in [6.07, 6.45) is -3.67. The highest BCUT2D eigenvalue weighted by Crippen LogP contribution is 2.31. The molecule has 0 fully saturated rings. The molecular formula is C35H39ClF3N5O6. The van der Waals surface area contributed by atoms with Crippen LogP contribution in [0.2, 0.25) is 5.02 Å². The summed E-state index contributed by atoms with van der Waals surface area (Å²) in [7, 11) is 0. The Kier molecular flexibility index (Phi) is 13.5.